The molecule has 3 aromatic rings. The Bertz CT molecular complexity index is 861. The fourth-order valence-electron chi connectivity index (χ4n) is 3.08. The Morgan fingerprint density at radius 3 is 3.00 bits per heavy atom. The van der Waals surface area contributed by atoms with Gasteiger partial charge >= 0.3 is 0 Å². The summed E-state index contributed by atoms with van der Waals surface area (Å²) in [6.45, 7) is 1.43. The molecular formula is C16H18N6O3. The number of nitrogens with two attached hydrogens (primary N) is 1. The molecule has 3 aromatic heterocycles. The monoisotopic (exact) mass is 342 g/mol. The van der Waals surface area contributed by atoms with Crippen molar-refractivity contribution in [1.29, 1.82) is 0 Å². The molecule has 25 heavy (non-hydrogen) atoms. The summed E-state index contributed by atoms with van der Waals surface area (Å²) < 4.78 is 11.0. The van der Waals surface area contributed by atoms with E-state index in [9.17, 15) is 0 Å². The Labute approximate surface area is 143 Å². The highest BCUT2D eigenvalue weighted by Crippen LogP contribution is 2.33. The molecule has 1 fully saturated rings. The van der Waals surface area contributed by atoms with E-state index < -0.39 is 0 Å². The number of likely N-dealkylation sites (tertiary alicyclic amines) is 1. The second-order valence-corrected chi connectivity index (χ2v) is 5.93. The average molecular weight is 342 g/mol. The third kappa shape index (κ3) is 3.11. The van der Waals surface area contributed by atoms with Gasteiger partial charge < -0.3 is 19.8 Å². The Morgan fingerprint density at radius 2 is 2.20 bits per heavy atom. The lowest BCUT2D eigenvalue weighted by molar-refractivity contribution is 0.182. The van der Waals surface area contributed by atoms with Crippen LogP contribution in [0.1, 0.15) is 36.3 Å². The lowest BCUT2D eigenvalue weighted by Gasteiger charge is -2.19. The predicted molar refractivity (Wildman–Crippen MR) is 86.8 cm³/mol. The first-order chi connectivity index (χ1) is 12.2. The number of anilines is 1. The minimum absolute atomic E-state index is 0.0229. The molecule has 1 aliphatic heterocycles. The second kappa shape index (κ2) is 6.61. The van der Waals surface area contributed by atoms with Crippen LogP contribution in [0.3, 0.4) is 0 Å². The van der Waals surface area contributed by atoms with Crippen molar-refractivity contribution in [2.75, 3.05) is 12.3 Å². The fourth-order valence-corrected chi connectivity index (χ4v) is 3.08. The van der Waals surface area contributed by atoms with Crippen LogP contribution in [0.25, 0.3) is 11.4 Å². The average Bonchev–Trinajstić information content (AvgIpc) is 3.35. The number of aliphatic hydroxyl groups excluding tert-OH is 1. The first-order valence-corrected chi connectivity index (χ1v) is 8.06. The summed E-state index contributed by atoms with van der Waals surface area (Å²) in [7, 11) is 0. The highest BCUT2D eigenvalue weighted by atomic mass is 16.5. The Balaban J connectivity index is 1.53. The zero-order valence-electron chi connectivity index (χ0n) is 13.5. The number of hydrogen-bond acceptors (Lipinski definition) is 9. The molecule has 0 amide bonds. The molecule has 0 radical (unpaired) electrons. The SMILES string of the molecule is Nc1ncncc1-c1noc([C@@H]2CCCN2Cc2ccc(CO)o2)n1. The normalized spacial score (nSPS) is 18.0. The second-order valence-electron chi connectivity index (χ2n) is 5.93. The van der Waals surface area contributed by atoms with Gasteiger partial charge in [-0.05, 0) is 31.5 Å². The molecule has 1 aliphatic rings. The molecule has 9 heteroatoms. The van der Waals surface area contributed by atoms with E-state index in [4.69, 9.17) is 19.8 Å². The van der Waals surface area contributed by atoms with Crippen LogP contribution < -0.4 is 5.73 Å². The molecule has 0 aromatic carbocycles. The van der Waals surface area contributed by atoms with Gasteiger partial charge in [0.05, 0.1) is 18.2 Å². The molecule has 3 N–H and O–H groups in total. The van der Waals surface area contributed by atoms with Crippen LogP contribution >= 0.6 is 0 Å². The van der Waals surface area contributed by atoms with Gasteiger partial charge in [-0.2, -0.15) is 4.98 Å². The van der Waals surface area contributed by atoms with Gasteiger partial charge in [-0.1, -0.05) is 5.16 Å². The standard InChI is InChI=1S/C16H18N6O3/c17-14-12(6-18-9-19-14)15-20-16(25-21-15)13-2-1-5-22(13)7-10-3-4-11(8-23)24-10/h3-4,6,9,13,23H,1-2,5,7-8H2,(H2,17,18,19)/t13-/m0/s1. The van der Waals surface area contributed by atoms with Crippen molar-refractivity contribution in [1.82, 2.24) is 25.0 Å². The van der Waals surface area contributed by atoms with Gasteiger partial charge in [0.15, 0.2) is 0 Å². The van der Waals surface area contributed by atoms with E-state index in [2.05, 4.69) is 25.0 Å². The van der Waals surface area contributed by atoms with E-state index >= 15 is 0 Å². The highest BCUT2D eigenvalue weighted by molar-refractivity contribution is 5.66. The Morgan fingerprint density at radius 1 is 1.32 bits per heavy atom. The van der Waals surface area contributed by atoms with Gasteiger partial charge in [-0.3, -0.25) is 4.90 Å². The van der Waals surface area contributed by atoms with Gasteiger partial charge in [-0.15, -0.1) is 0 Å². The summed E-state index contributed by atoms with van der Waals surface area (Å²) in [5.41, 5.74) is 6.40. The lowest BCUT2D eigenvalue weighted by Crippen LogP contribution is -2.22. The molecular weight excluding hydrogens is 324 g/mol. The van der Waals surface area contributed by atoms with Crippen molar-refractivity contribution in [3.05, 3.63) is 42.1 Å². The zero-order valence-corrected chi connectivity index (χ0v) is 13.5. The van der Waals surface area contributed by atoms with E-state index in [0.29, 0.717) is 35.4 Å². The van der Waals surface area contributed by atoms with Crippen molar-refractivity contribution < 1.29 is 14.0 Å². The largest absolute Gasteiger partial charge is 0.462 e. The van der Waals surface area contributed by atoms with Crippen LogP contribution in [-0.4, -0.2) is 36.7 Å². The molecule has 9 nitrogen and oxygen atoms in total. The van der Waals surface area contributed by atoms with Gasteiger partial charge in [0.25, 0.3) is 0 Å². The third-order valence-corrected chi connectivity index (χ3v) is 4.31. The van der Waals surface area contributed by atoms with Crippen molar-refractivity contribution >= 4 is 5.82 Å². The van der Waals surface area contributed by atoms with E-state index in [0.717, 1.165) is 25.1 Å². The Hall–Kier alpha value is -2.78. The van der Waals surface area contributed by atoms with Crippen LogP contribution in [0, 0.1) is 0 Å². The maximum Gasteiger partial charge on any atom is 0.244 e. The van der Waals surface area contributed by atoms with Gasteiger partial charge in [0.2, 0.25) is 11.7 Å². The van der Waals surface area contributed by atoms with Crippen LogP contribution in [0.5, 0.6) is 0 Å². The molecule has 0 unspecified atom stereocenters. The number of furan rings is 1. The highest BCUT2D eigenvalue weighted by Gasteiger charge is 2.31. The number of aromatic nitrogens is 4. The fraction of sp³-hybridized carbons (Fsp3) is 0.375. The topological polar surface area (TPSA) is 127 Å². The molecule has 1 atom stereocenters. The van der Waals surface area contributed by atoms with E-state index in [1.807, 2.05) is 6.07 Å². The maximum atomic E-state index is 9.11. The van der Waals surface area contributed by atoms with Crippen molar-refractivity contribution in [2.45, 2.75) is 32.0 Å². The summed E-state index contributed by atoms with van der Waals surface area (Å²) >= 11 is 0. The summed E-state index contributed by atoms with van der Waals surface area (Å²) in [6.07, 6.45) is 4.91. The number of hydrogen-bond donors (Lipinski definition) is 2. The third-order valence-electron chi connectivity index (χ3n) is 4.31. The molecule has 0 saturated carbocycles. The van der Waals surface area contributed by atoms with Crippen LogP contribution in [0.4, 0.5) is 5.82 Å². The van der Waals surface area contributed by atoms with Gasteiger partial charge in [0, 0.05) is 6.20 Å². The summed E-state index contributed by atoms with van der Waals surface area (Å²) in [6, 6.07) is 3.68. The van der Waals surface area contributed by atoms with Crippen molar-refractivity contribution in [3.63, 3.8) is 0 Å². The van der Waals surface area contributed by atoms with Gasteiger partial charge in [0.1, 0.15) is 30.3 Å². The van der Waals surface area contributed by atoms with Gasteiger partial charge in [-0.25, -0.2) is 9.97 Å². The number of aliphatic hydroxyl groups is 1. The van der Waals surface area contributed by atoms with Crippen LogP contribution in [0.15, 0.2) is 33.6 Å². The van der Waals surface area contributed by atoms with E-state index in [-0.39, 0.29) is 12.6 Å². The molecule has 0 aliphatic carbocycles. The molecule has 130 valence electrons. The van der Waals surface area contributed by atoms with E-state index in [1.54, 1.807) is 12.3 Å². The first kappa shape index (κ1) is 15.7. The smallest absolute Gasteiger partial charge is 0.244 e. The van der Waals surface area contributed by atoms with E-state index in [1.165, 1.54) is 6.33 Å². The minimum Gasteiger partial charge on any atom is -0.462 e. The Kier molecular flexibility index (Phi) is 4.16. The number of nitrogens with zero attached hydrogens (tertiary/aromatic N) is 5. The number of nitrogen functional groups attached to an aromatic ring is 1. The van der Waals surface area contributed by atoms with Crippen molar-refractivity contribution in [2.24, 2.45) is 0 Å². The molecule has 0 spiro atoms. The summed E-state index contributed by atoms with van der Waals surface area (Å²) in [5.74, 6) is 2.62. The summed E-state index contributed by atoms with van der Waals surface area (Å²) in [5, 5.41) is 13.1. The minimum atomic E-state index is -0.100. The number of rotatable bonds is 5. The lowest BCUT2D eigenvalue weighted by atomic mass is 10.2. The quantitative estimate of drug-likeness (QED) is 0.709. The maximum absolute atomic E-state index is 9.11. The van der Waals surface area contributed by atoms with Crippen LogP contribution in [-0.2, 0) is 13.2 Å². The zero-order chi connectivity index (χ0) is 17.2. The van der Waals surface area contributed by atoms with Crippen molar-refractivity contribution in [3.8, 4) is 11.4 Å². The molecule has 1 saturated heterocycles. The first-order valence-electron chi connectivity index (χ1n) is 8.06. The molecule has 0 bridgehead atoms. The summed E-state index contributed by atoms with van der Waals surface area (Å²) in [4.78, 5) is 14.6. The molecule has 4 rings (SSSR count). The molecule has 4 heterocycles. The predicted octanol–water partition coefficient (Wildman–Crippen LogP) is 1.53. The van der Waals surface area contributed by atoms with Crippen LogP contribution in [0.2, 0.25) is 0 Å².